The lowest BCUT2D eigenvalue weighted by Gasteiger charge is -2.36. The van der Waals surface area contributed by atoms with Crippen LogP contribution in [-0.4, -0.2) is 60.9 Å². The van der Waals surface area contributed by atoms with E-state index in [0.29, 0.717) is 55.0 Å². The van der Waals surface area contributed by atoms with Gasteiger partial charge in [-0.1, -0.05) is 26.7 Å². The number of pyridine rings is 1. The number of piperidine rings is 1. The van der Waals surface area contributed by atoms with Crippen molar-refractivity contribution in [1.82, 2.24) is 14.1 Å². The second kappa shape index (κ2) is 13.3. The Hall–Kier alpha value is -3.11. The number of imidazole rings is 1. The van der Waals surface area contributed by atoms with Crippen molar-refractivity contribution < 1.29 is 23.3 Å². The maximum Gasteiger partial charge on any atom is 0.333 e. The number of nitrogens with zero attached hydrogens (tertiary/aromatic N) is 4. The number of aryl methyl sites for hydroxylation is 1. The van der Waals surface area contributed by atoms with Crippen LogP contribution in [0.2, 0.25) is 0 Å². The fourth-order valence-electron chi connectivity index (χ4n) is 5.17. The summed E-state index contributed by atoms with van der Waals surface area (Å²) in [6.45, 7) is 6.52. The summed E-state index contributed by atoms with van der Waals surface area (Å²) in [4.78, 5) is 20.1. The third-order valence-electron chi connectivity index (χ3n) is 7.40. The van der Waals surface area contributed by atoms with Crippen molar-refractivity contribution in [2.24, 2.45) is 13.0 Å². The molecule has 1 saturated heterocycles. The summed E-state index contributed by atoms with van der Waals surface area (Å²) >= 11 is 0. The highest BCUT2D eigenvalue weighted by molar-refractivity contribution is 5.83. The van der Waals surface area contributed by atoms with Gasteiger partial charge in [0.2, 0.25) is 11.8 Å². The van der Waals surface area contributed by atoms with Gasteiger partial charge in [-0.2, -0.15) is 4.98 Å². The van der Waals surface area contributed by atoms with Gasteiger partial charge in [-0.15, -0.1) is 0 Å². The van der Waals surface area contributed by atoms with Crippen LogP contribution in [0.3, 0.4) is 0 Å². The van der Waals surface area contributed by atoms with E-state index in [1.807, 2.05) is 4.90 Å². The molecule has 0 atom stereocenters. The predicted octanol–water partition coefficient (Wildman–Crippen LogP) is 5.06. The molecule has 9 nitrogen and oxygen atoms in total. The van der Waals surface area contributed by atoms with E-state index in [2.05, 4.69) is 18.8 Å². The molecule has 214 valence electrons. The third kappa shape index (κ3) is 6.06. The number of benzene rings is 1. The topological polar surface area (TPSA) is 80.0 Å². The maximum atomic E-state index is 16.1. The zero-order chi connectivity index (χ0) is 27.9. The molecule has 1 aliphatic heterocycles. The Morgan fingerprint density at radius 1 is 0.974 bits per heavy atom. The second-order valence-corrected chi connectivity index (χ2v) is 9.99. The minimum absolute atomic E-state index is 0.245. The summed E-state index contributed by atoms with van der Waals surface area (Å²) in [5, 5.41) is 0. The summed E-state index contributed by atoms with van der Waals surface area (Å²) in [7, 11) is 4.87. The van der Waals surface area contributed by atoms with E-state index < -0.39 is 5.82 Å². The number of unbranched alkanes of at least 4 members (excludes halogenated alkanes) is 2. The van der Waals surface area contributed by atoms with Gasteiger partial charge in [0.05, 0.1) is 24.4 Å². The van der Waals surface area contributed by atoms with Gasteiger partial charge in [0, 0.05) is 46.3 Å². The molecule has 1 fully saturated rings. The highest BCUT2D eigenvalue weighted by Gasteiger charge is 2.29. The van der Waals surface area contributed by atoms with E-state index in [1.165, 1.54) is 9.13 Å². The van der Waals surface area contributed by atoms with Crippen LogP contribution in [0.4, 0.5) is 10.1 Å². The van der Waals surface area contributed by atoms with E-state index in [9.17, 15) is 4.79 Å². The molecule has 0 saturated carbocycles. The first kappa shape index (κ1) is 28.9. The molecule has 0 N–H and O–H groups in total. The lowest BCUT2D eigenvalue weighted by Crippen LogP contribution is -2.39. The van der Waals surface area contributed by atoms with Gasteiger partial charge in [0.1, 0.15) is 11.2 Å². The standard InChI is InChI=1S/C29H41FN4O5/c1-6-8-18-38-24-13-12-23(27(31-24)39-19-9-7-2)34-22-11-10-21(25(30)26(22)32(3)29(34)35)33-16-14-20(15-17-33)28(36-4)37-5/h10-13,20,28H,6-9,14-19H2,1-5H3. The molecule has 1 aromatic carbocycles. The number of anilines is 1. The van der Waals surface area contributed by atoms with Crippen LogP contribution in [0, 0.1) is 11.7 Å². The van der Waals surface area contributed by atoms with E-state index in [4.69, 9.17) is 18.9 Å². The minimum atomic E-state index is -0.416. The van der Waals surface area contributed by atoms with Crippen LogP contribution in [0.1, 0.15) is 52.4 Å². The molecular weight excluding hydrogens is 503 g/mol. The third-order valence-corrected chi connectivity index (χ3v) is 7.40. The second-order valence-electron chi connectivity index (χ2n) is 9.99. The normalized spacial score (nSPS) is 14.5. The van der Waals surface area contributed by atoms with Crippen LogP contribution < -0.4 is 20.1 Å². The molecule has 3 heterocycles. The van der Waals surface area contributed by atoms with Crippen molar-refractivity contribution in [2.75, 3.05) is 45.4 Å². The fraction of sp³-hybridized carbons (Fsp3) is 0.586. The first-order valence-corrected chi connectivity index (χ1v) is 13.9. The average molecular weight is 545 g/mol. The quantitative estimate of drug-likeness (QED) is 0.220. The Kier molecular flexibility index (Phi) is 9.85. The highest BCUT2D eigenvalue weighted by atomic mass is 19.1. The summed E-state index contributed by atoms with van der Waals surface area (Å²) < 4.78 is 41.5. The molecule has 0 spiro atoms. The molecule has 39 heavy (non-hydrogen) atoms. The van der Waals surface area contributed by atoms with Crippen molar-refractivity contribution in [3.05, 3.63) is 40.6 Å². The molecule has 3 aromatic rings. The lowest BCUT2D eigenvalue weighted by atomic mass is 9.95. The summed E-state index contributed by atoms with van der Waals surface area (Å²) in [6.07, 6.45) is 5.10. The first-order chi connectivity index (χ1) is 18.9. The molecule has 0 bridgehead atoms. The summed E-state index contributed by atoms with van der Waals surface area (Å²) in [5.74, 6) is 0.568. The molecule has 1 aliphatic rings. The van der Waals surface area contributed by atoms with E-state index in [0.717, 1.165) is 38.5 Å². The predicted molar refractivity (Wildman–Crippen MR) is 150 cm³/mol. The monoisotopic (exact) mass is 544 g/mol. The number of aromatic nitrogens is 3. The van der Waals surface area contributed by atoms with E-state index in [-0.39, 0.29) is 23.4 Å². The number of fused-ring (bicyclic) bond motifs is 1. The number of hydrogen-bond acceptors (Lipinski definition) is 7. The lowest BCUT2D eigenvalue weighted by molar-refractivity contribution is -0.141. The Labute approximate surface area is 229 Å². The molecule has 0 amide bonds. The van der Waals surface area contributed by atoms with Crippen LogP contribution in [0.25, 0.3) is 16.7 Å². The molecular formula is C29H41FN4O5. The van der Waals surface area contributed by atoms with Crippen molar-refractivity contribution in [2.45, 2.75) is 58.7 Å². The van der Waals surface area contributed by atoms with Crippen LogP contribution in [-0.2, 0) is 16.5 Å². The molecule has 4 rings (SSSR count). The van der Waals surface area contributed by atoms with Crippen LogP contribution in [0.15, 0.2) is 29.1 Å². The van der Waals surface area contributed by atoms with E-state index in [1.54, 1.807) is 45.5 Å². The number of ether oxygens (including phenoxy) is 4. The smallest absolute Gasteiger partial charge is 0.333 e. The number of halogens is 1. The molecule has 0 aliphatic carbocycles. The number of rotatable bonds is 13. The van der Waals surface area contributed by atoms with Gasteiger partial charge in [-0.25, -0.2) is 9.18 Å². The molecule has 0 unspecified atom stereocenters. The summed E-state index contributed by atoms with van der Waals surface area (Å²) in [5.41, 5.74) is 1.28. The van der Waals surface area contributed by atoms with Crippen LogP contribution >= 0.6 is 0 Å². The largest absolute Gasteiger partial charge is 0.478 e. The highest BCUT2D eigenvalue weighted by Crippen LogP contribution is 2.33. The first-order valence-electron chi connectivity index (χ1n) is 13.9. The van der Waals surface area contributed by atoms with Crippen molar-refractivity contribution >= 4 is 16.7 Å². The maximum absolute atomic E-state index is 16.1. The Morgan fingerprint density at radius 2 is 1.62 bits per heavy atom. The summed E-state index contributed by atoms with van der Waals surface area (Å²) in [6, 6.07) is 7.04. The van der Waals surface area contributed by atoms with Gasteiger partial charge in [0.25, 0.3) is 0 Å². The zero-order valence-corrected chi connectivity index (χ0v) is 23.7. The van der Waals surface area contributed by atoms with Crippen molar-refractivity contribution in [3.8, 4) is 17.4 Å². The fourth-order valence-corrected chi connectivity index (χ4v) is 5.17. The van der Waals surface area contributed by atoms with Crippen molar-refractivity contribution in [3.63, 3.8) is 0 Å². The van der Waals surface area contributed by atoms with Gasteiger partial charge >= 0.3 is 5.69 Å². The van der Waals surface area contributed by atoms with Gasteiger partial charge in [-0.05, 0) is 43.9 Å². The minimum Gasteiger partial charge on any atom is -0.478 e. The van der Waals surface area contributed by atoms with Gasteiger partial charge in [-0.3, -0.25) is 9.13 Å². The molecule has 2 aromatic heterocycles. The average Bonchev–Trinajstić information content (AvgIpc) is 3.20. The SMILES string of the molecule is CCCCOc1ccc(-n2c(=O)n(C)c3c(F)c(N4CCC(C(OC)OC)CC4)ccc32)c(OCCCC)n1. The van der Waals surface area contributed by atoms with Gasteiger partial charge < -0.3 is 23.8 Å². The Bertz CT molecular complexity index is 1300. The van der Waals surface area contributed by atoms with Crippen LogP contribution in [0.5, 0.6) is 11.8 Å². The number of hydrogen-bond donors (Lipinski definition) is 0. The zero-order valence-electron chi connectivity index (χ0n) is 23.7. The molecule has 10 heteroatoms. The Balaban J connectivity index is 1.69. The van der Waals surface area contributed by atoms with Gasteiger partial charge in [0.15, 0.2) is 12.1 Å². The Morgan fingerprint density at radius 3 is 2.26 bits per heavy atom. The number of methoxy groups -OCH3 is 2. The van der Waals surface area contributed by atoms with E-state index >= 15 is 4.39 Å². The van der Waals surface area contributed by atoms with Crippen molar-refractivity contribution in [1.29, 1.82) is 0 Å². The molecule has 0 radical (unpaired) electrons.